The Balaban J connectivity index is 0.000000452. The van der Waals surface area contributed by atoms with Crippen molar-refractivity contribution >= 4 is 17.0 Å². The predicted octanol–water partition coefficient (Wildman–Crippen LogP) is 6.22. The summed E-state index contributed by atoms with van der Waals surface area (Å²) in [5.74, 6) is 0.523. The third-order valence-electron chi connectivity index (χ3n) is 3.70. The molecule has 0 saturated heterocycles. The van der Waals surface area contributed by atoms with Crippen LogP contribution >= 0.6 is 17.0 Å². The van der Waals surface area contributed by atoms with Crippen LogP contribution in [0.4, 0.5) is 0 Å². The van der Waals surface area contributed by atoms with Crippen LogP contribution in [0.1, 0.15) is 37.8 Å². The maximum atomic E-state index is 4.93. The van der Waals surface area contributed by atoms with Crippen molar-refractivity contribution in [3.05, 3.63) is 59.7 Å². The molecule has 0 fully saturated rings. The van der Waals surface area contributed by atoms with Crippen molar-refractivity contribution < 1.29 is 20.8 Å². The van der Waals surface area contributed by atoms with Crippen LogP contribution in [0.2, 0.25) is 0 Å². The van der Waals surface area contributed by atoms with Gasteiger partial charge in [-0.25, -0.2) is 0 Å². The Hall–Kier alpha value is -0.0969. The molecule has 0 radical (unpaired) electrons. The molecule has 1 aliphatic carbocycles. The Kier molecular flexibility index (Phi) is 5.51. The molecule has 0 aromatic heterocycles. The van der Waals surface area contributed by atoms with E-state index in [4.69, 9.17) is 17.0 Å². The van der Waals surface area contributed by atoms with E-state index in [9.17, 15) is 0 Å². The molecule has 20 heavy (non-hydrogen) atoms. The van der Waals surface area contributed by atoms with E-state index in [-0.39, 0.29) is 5.41 Å². The van der Waals surface area contributed by atoms with E-state index >= 15 is 0 Å². The minimum absolute atomic E-state index is 0.267. The topological polar surface area (TPSA) is 0 Å². The van der Waals surface area contributed by atoms with E-state index in [1.807, 2.05) is 0 Å². The number of halogens is 2. The van der Waals surface area contributed by atoms with Gasteiger partial charge in [0.1, 0.15) is 0 Å². The summed E-state index contributed by atoms with van der Waals surface area (Å²) in [4.78, 5) is 0. The van der Waals surface area contributed by atoms with E-state index in [1.165, 1.54) is 22.3 Å². The molecule has 104 valence electrons. The summed E-state index contributed by atoms with van der Waals surface area (Å²) >= 11 is -0.826. The van der Waals surface area contributed by atoms with Crippen LogP contribution in [0.3, 0.4) is 0 Å². The normalized spacial score (nSPS) is 13.1. The molecule has 0 spiro atoms. The minimum atomic E-state index is -0.826. The molecule has 0 amide bonds. The number of fused-ring (bicyclic) bond motifs is 3. The Morgan fingerprint density at radius 1 is 0.800 bits per heavy atom. The first-order valence-corrected chi connectivity index (χ1v) is 13.0. The summed E-state index contributed by atoms with van der Waals surface area (Å²) < 4.78 is 0. The van der Waals surface area contributed by atoms with Gasteiger partial charge in [0, 0.05) is 5.92 Å². The summed E-state index contributed by atoms with van der Waals surface area (Å²) in [7, 11) is 9.87. The Morgan fingerprint density at radius 2 is 1.15 bits per heavy atom. The predicted molar refractivity (Wildman–Crippen MR) is 84.9 cm³/mol. The SMILES string of the molecule is CC(C)(C)C1c2ccccc2-c2ccccc21.[Cl][Zr][Cl]. The van der Waals surface area contributed by atoms with Crippen LogP contribution in [0.15, 0.2) is 48.5 Å². The standard InChI is InChI=1S/C17H18.2ClH.Zr/c1-17(2,3)16-14-10-6-4-8-12(14)13-9-5-7-11-15(13)16;;;/h4-11,16H,1-3H3;2*1H;/q;;;+2/p-2. The fourth-order valence-electron chi connectivity index (χ4n) is 3.09. The fourth-order valence-corrected chi connectivity index (χ4v) is 3.09. The number of rotatable bonds is 0. The first-order valence-electron chi connectivity index (χ1n) is 6.65. The van der Waals surface area contributed by atoms with Crippen molar-refractivity contribution in [2.24, 2.45) is 5.41 Å². The van der Waals surface area contributed by atoms with Gasteiger partial charge in [-0.3, -0.25) is 0 Å². The van der Waals surface area contributed by atoms with Crippen molar-refractivity contribution in [3.8, 4) is 11.1 Å². The van der Waals surface area contributed by atoms with Gasteiger partial charge in [-0.15, -0.1) is 0 Å². The quantitative estimate of drug-likeness (QED) is 0.506. The molecular formula is C17H18Cl2Zr. The van der Waals surface area contributed by atoms with E-state index < -0.39 is 20.8 Å². The summed E-state index contributed by atoms with van der Waals surface area (Å²) in [6, 6.07) is 17.7. The Bertz CT molecular complexity index is 542. The average Bonchev–Trinajstić information content (AvgIpc) is 2.74. The number of hydrogen-bond donors (Lipinski definition) is 0. The Morgan fingerprint density at radius 3 is 1.50 bits per heavy atom. The number of hydrogen-bond acceptors (Lipinski definition) is 0. The van der Waals surface area contributed by atoms with E-state index in [1.54, 1.807) is 0 Å². The molecule has 0 saturated carbocycles. The maximum absolute atomic E-state index is 4.93. The van der Waals surface area contributed by atoms with Crippen molar-refractivity contribution in [1.29, 1.82) is 0 Å². The van der Waals surface area contributed by atoms with Crippen molar-refractivity contribution in [2.45, 2.75) is 26.7 Å². The van der Waals surface area contributed by atoms with E-state index in [0.717, 1.165) is 0 Å². The third-order valence-corrected chi connectivity index (χ3v) is 3.70. The van der Waals surface area contributed by atoms with Gasteiger partial charge in [-0.1, -0.05) is 69.3 Å². The molecule has 2 aromatic carbocycles. The van der Waals surface area contributed by atoms with Gasteiger partial charge < -0.3 is 0 Å². The second kappa shape index (κ2) is 6.78. The van der Waals surface area contributed by atoms with Crippen LogP contribution in [0, 0.1) is 5.41 Å². The average molecular weight is 384 g/mol. The zero-order valence-corrected chi connectivity index (χ0v) is 15.9. The van der Waals surface area contributed by atoms with Gasteiger partial charge in [0.2, 0.25) is 0 Å². The molecule has 0 aliphatic heterocycles. The molecule has 3 heteroatoms. The van der Waals surface area contributed by atoms with Crippen LogP contribution < -0.4 is 0 Å². The molecule has 2 aromatic rings. The number of benzene rings is 2. The van der Waals surface area contributed by atoms with Gasteiger partial charge in [-0.05, 0) is 27.7 Å². The summed E-state index contributed by atoms with van der Waals surface area (Å²) in [5.41, 5.74) is 6.08. The van der Waals surface area contributed by atoms with Crippen LogP contribution in [0.25, 0.3) is 11.1 Å². The van der Waals surface area contributed by atoms with Gasteiger partial charge in [0.25, 0.3) is 0 Å². The van der Waals surface area contributed by atoms with Crippen molar-refractivity contribution in [2.75, 3.05) is 0 Å². The third kappa shape index (κ3) is 3.21. The zero-order valence-electron chi connectivity index (χ0n) is 12.0. The fraction of sp³-hybridized carbons (Fsp3) is 0.294. The molecule has 0 nitrogen and oxygen atoms in total. The van der Waals surface area contributed by atoms with Crippen LogP contribution in [-0.4, -0.2) is 0 Å². The molecule has 1 aliphatic rings. The molecule has 0 N–H and O–H groups in total. The van der Waals surface area contributed by atoms with Crippen LogP contribution in [-0.2, 0) is 20.8 Å². The monoisotopic (exact) mass is 382 g/mol. The first kappa shape index (κ1) is 16.3. The molecule has 0 bridgehead atoms. The molecular weight excluding hydrogens is 366 g/mol. The van der Waals surface area contributed by atoms with Crippen molar-refractivity contribution in [3.63, 3.8) is 0 Å². The van der Waals surface area contributed by atoms with Crippen molar-refractivity contribution in [1.82, 2.24) is 0 Å². The molecule has 3 rings (SSSR count). The van der Waals surface area contributed by atoms with Gasteiger partial charge >= 0.3 is 37.9 Å². The van der Waals surface area contributed by atoms with E-state index in [0.29, 0.717) is 5.92 Å². The second-order valence-corrected chi connectivity index (χ2v) is 9.78. The van der Waals surface area contributed by atoms with E-state index in [2.05, 4.69) is 69.3 Å². The van der Waals surface area contributed by atoms with Crippen LogP contribution in [0.5, 0.6) is 0 Å². The van der Waals surface area contributed by atoms with Gasteiger partial charge in [-0.2, -0.15) is 0 Å². The summed E-state index contributed by atoms with van der Waals surface area (Å²) in [5, 5.41) is 0. The van der Waals surface area contributed by atoms with Gasteiger partial charge in [0.15, 0.2) is 0 Å². The molecule has 0 unspecified atom stereocenters. The zero-order chi connectivity index (χ0) is 14.8. The molecule has 0 atom stereocenters. The Labute approximate surface area is 140 Å². The molecule has 0 heterocycles. The second-order valence-electron chi connectivity index (χ2n) is 6.04. The van der Waals surface area contributed by atoms with Gasteiger partial charge in [0.05, 0.1) is 0 Å². The summed E-state index contributed by atoms with van der Waals surface area (Å²) in [6.45, 7) is 6.99. The summed E-state index contributed by atoms with van der Waals surface area (Å²) in [6.07, 6.45) is 0. The first-order chi connectivity index (χ1) is 9.50.